The van der Waals surface area contributed by atoms with E-state index in [-0.39, 0.29) is 25.5 Å². The van der Waals surface area contributed by atoms with E-state index in [4.69, 9.17) is 20.4 Å². The quantitative estimate of drug-likeness (QED) is 0.632. The van der Waals surface area contributed by atoms with Crippen LogP contribution in [0.1, 0.15) is 24.3 Å². The highest BCUT2D eigenvalue weighted by Crippen LogP contribution is 2.37. The molecule has 3 N–H and O–H groups in total. The van der Waals surface area contributed by atoms with Gasteiger partial charge in [-0.15, -0.1) is 0 Å². The Kier molecular flexibility index (Phi) is 6.87. The number of benzene rings is 1. The lowest BCUT2D eigenvalue weighted by Gasteiger charge is -2.33. The summed E-state index contributed by atoms with van der Waals surface area (Å²) in [7, 11) is 1.51. The Bertz CT molecular complexity index is 570. The minimum Gasteiger partial charge on any atom is -0.494 e. The number of carbonyl (C=O) groups excluding carboxylic acids is 1. The number of carboxylic acid groups (broad SMARTS) is 1. The second-order valence-electron chi connectivity index (χ2n) is 5.14. The molecule has 0 unspecified atom stereocenters. The lowest BCUT2D eigenvalue weighted by molar-refractivity contribution is -0.186. The molecule has 1 amide bonds. The van der Waals surface area contributed by atoms with E-state index in [1.165, 1.54) is 7.11 Å². The van der Waals surface area contributed by atoms with Crippen molar-refractivity contribution < 1.29 is 32.6 Å². The molecular formula is C15H19F3N2O4. The highest BCUT2D eigenvalue weighted by Gasteiger charge is 2.43. The molecule has 6 nitrogen and oxygen atoms in total. The highest BCUT2D eigenvalue weighted by molar-refractivity contribution is 5.82. The molecule has 0 atom stereocenters. The molecule has 1 aromatic carbocycles. The first-order chi connectivity index (χ1) is 11.3. The molecule has 0 aliphatic carbocycles. The van der Waals surface area contributed by atoms with Gasteiger partial charge in [0.25, 0.3) is 6.47 Å². The zero-order valence-electron chi connectivity index (χ0n) is 13.0. The van der Waals surface area contributed by atoms with Crippen molar-refractivity contribution in [2.45, 2.75) is 24.9 Å². The number of hydrogen-bond donors (Lipinski definition) is 2. The standard InChI is InChI=1S/C14H17F3N2O2.CH2O2/c1-21-12-10(3-2-4-11(12)18)9-5-7-19(8-6-9)13(20)14(15,16)17;2-1-3/h2-4,9H,5-8,18H2,1H3;1H,(H,2,3). The molecule has 9 heteroatoms. The molecule has 0 bridgehead atoms. The highest BCUT2D eigenvalue weighted by atomic mass is 19.4. The molecular weight excluding hydrogens is 329 g/mol. The van der Waals surface area contributed by atoms with Crippen LogP contribution in [0.25, 0.3) is 0 Å². The predicted octanol–water partition coefficient (Wildman–Crippen LogP) is 2.25. The van der Waals surface area contributed by atoms with Crippen LogP contribution in [-0.4, -0.2) is 48.8 Å². The third kappa shape index (κ3) is 4.77. The van der Waals surface area contributed by atoms with Crippen molar-refractivity contribution in [1.29, 1.82) is 0 Å². The average molecular weight is 348 g/mol. The Hall–Kier alpha value is -2.45. The maximum Gasteiger partial charge on any atom is 0.471 e. The summed E-state index contributed by atoms with van der Waals surface area (Å²) in [5.74, 6) is -1.15. The molecule has 134 valence electrons. The molecule has 1 fully saturated rings. The van der Waals surface area contributed by atoms with Crippen LogP contribution in [0.4, 0.5) is 18.9 Å². The van der Waals surface area contributed by atoms with Gasteiger partial charge < -0.3 is 20.5 Å². The van der Waals surface area contributed by atoms with Crippen LogP contribution in [0, 0.1) is 0 Å². The van der Waals surface area contributed by atoms with E-state index >= 15 is 0 Å². The number of rotatable bonds is 2. The number of anilines is 1. The van der Waals surface area contributed by atoms with Gasteiger partial charge in [-0.1, -0.05) is 12.1 Å². The van der Waals surface area contributed by atoms with Gasteiger partial charge in [-0.05, 0) is 30.4 Å². The average Bonchev–Trinajstić information content (AvgIpc) is 2.54. The van der Waals surface area contributed by atoms with Crippen molar-refractivity contribution in [3.8, 4) is 5.75 Å². The van der Waals surface area contributed by atoms with E-state index in [1.807, 2.05) is 6.07 Å². The molecule has 0 spiro atoms. The normalized spacial score (nSPS) is 15.2. The smallest absolute Gasteiger partial charge is 0.471 e. The van der Waals surface area contributed by atoms with Crippen LogP contribution >= 0.6 is 0 Å². The van der Waals surface area contributed by atoms with Gasteiger partial charge in [-0.25, -0.2) is 0 Å². The van der Waals surface area contributed by atoms with Crippen molar-refractivity contribution in [3.05, 3.63) is 23.8 Å². The SMILES string of the molecule is COc1c(N)cccc1C1CCN(C(=O)C(F)(F)F)CC1.O=CO. The summed E-state index contributed by atoms with van der Waals surface area (Å²) in [5.41, 5.74) is 7.22. The lowest BCUT2D eigenvalue weighted by Crippen LogP contribution is -2.45. The molecule has 1 saturated heterocycles. The maximum absolute atomic E-state index is 12.4. The summed E-state index contributed by atoms with van der Waals surface area (Å²) in [4.78, 5) is 20.4. The Morgan fingerprint density at radius 2 is 1.92 bits per heavy atom. The van der Waals surface area contributed by atoms with Gasteiger partial charge in [0.2, 0.25) is 0 Å². The Morgan fingerprint density at radius 3 is 2.38 bits per heavy atom. The van der Waals surface area contributed by atoms with Gasteiger partial charge in [0.05, 0.1) is 12.8 Å². The zero-order chi connectivity index (χ0) is 18.3. The topological polar surface area (TPSA) is 92.9 Å². The largest absolute Gasteiger partial charge is 0.494 e. The van der Waals surface area contributed by atoms with Crippen molar-refractivity contribution in [3.63, 3.8) is 0 Å². The van der Waals surface area contributed by atoms with Gasteiger partial charge in [-0.2, -0.15) is 13.2 Å². The summed E-state index contributed by atoms with van der Waals surface area (Å²) < 4.78 is 42.5. The summed E-state index contributed by atoms with van der Waals surface area (Å²) in [6, 6.07) is 5.37. The predicted molar refractivity (Wildman–Crippen MR) is 80.7 cm³/mol. The number of piperidine rings is 1. The summed E-state index contributed by atoms with van der Waals surface area (Å²) >= 11 is 0. The second-order valence-corrected chi connectivity index (χ2v) is 5.14. The number of halogens is 3. The molecule has 0 radical (unpaired) electrons. The minimum atomic E-state index is -4.80. The first-order valence-corrected chi connectivity index (χ1v) is 7.12. The zero-order valence-corrected chi connectivity index (χ0v) is 13.0. The molecule has 1 aromatic rings. The fourth-order valence-corrected chi connectivity index (χ4v) is 2.70. The van der Waals surface area contributed by atoms with Gasteiger partial charge >= 0.3 is 12.1 Å². The van der Waals surface area contributed by atoms with Crippen LogP contribution < -0.4 is 10.5 Å². The maximum atomic E-state index is 12.4. The summed E-state index contributed by atoms with van der Waals surface area (Å²) in [5, 5.41) is 6.89. The van der Waals surface area contributed by atoms with Gasteiger partial charge in [0.15, 0.2) is 0 Å². The third-order valence-corrected chi connectivity index (χ3v) is 3.74. The molecule has 24 heavy (non-hydrogen) atoms. The number of carbonyl (C=O) groups is 2. The fourth-order valence-electron chi connectivity index (χ4n) is 2.70. The first kappa shape index (κ1) is 19.6. The lowest BCUT2D eigenvalue weighted by atomic mass is 9.88. The number of nitrogen functional groups attached to an aromatic ring is 1. The number of amides is 1. The number of methoxy groups -OCH3 is 1. The van der Waals surface area contributed by atoms with Crippen molar-refractivity contribution in [2.75, 3.05) is 25.9 Å². The van der Waals surface area contributed by atoms with E-state index in [0.717, 1.165) is 10.5 Å². The van der Waals surface area contributed by atoms with E-state index in [1.54, 1.807) is 12.1 Å². The molecule has 1 heterocycles. The fraction of sp³-hybridized carbons (Fsp3) is 0.467. The van der Waals surface area contributed by atoms with Gasteiger partial charge in [-0.3, -0.25) is 9.59 Å². The summed E-state index contributed by atoms with van der Waals surface area (Å²) in [6.45, 7) is -0.0814. The monoisotopic (exact) mass is 348 g/mol. The number of hydrogen-bond acceptors (Lipinski definition) is 4. The van der Waals surface area contributed by atoms with Crippen molar-refractivity contribution >= 4 is 18.1 Å². The van der Waals surface area contributed by atoms with Crippen LogP contribution in [0.2, 0.25) is 0 Å². The second kappa shape index (κ2) is 8.42. The number of likely N-dealkylation sites (tertiary alicyclic amines) is 1. The van der Waals surface area contributed by atoms with Crippen LogP contribution in [0.5, 0.6) is 5.75 Å². The molecule has 0 saturated carbocycles. The first-order valence-electron chi connectivity index (χ1n) is 7.12. The summed E-state index contributed by atoms with van der Waals surface area (Å²) in [6.07, 6.45) is -3.88. The van der Waals surface area contributed by atoms with Gasteiger partial charge in [0, 0.05) is 13.1 Å². The van der Waals surface area contributed by atoms with E-state index in [2.05, 4.69) is 0 Å². The Morgan fingerprint density at radius 1 is 1.38 bits per heavy atom. The van der Waals surface area contributed by atoms with E-state index in [9.17, 15) is 18.0 Å². The van der Waals surface area contributed by atoms with Crippen LogP contribution in [0.3, 0.4) is 0 Å². The molecule has 1 aliphatic heterocycles. The molecule has 1 aliphatic rings. The number of nitrogens with zero attached hydrogens (tertiary/aromatic N) is 1. The van der Waals surface area contributed by atoms with Crippen molar-refractivity contribution in [1.82, 2.24) is 4.90 Å². The van der Waals surface area contributed by atoms with E-state index < -0.39 is 12.1 Å². The van der Waals surface area contributed by atoms with Crippen LogP contribution in [0.15, 0.2) is 18.2 Å². The van der Waals surface area contributed by atoms with Crippen molar-refractivity contribution in [2.24, 2.45) is 0 Å². The molecule has 0 aromatic heterocycles. The number of nitrogens with two attached hydrogens (primary N) is 1. The number of para-hydroxylation sites is 1. The number of ether oxygens (including phenoxy) is 1. The minimum absolute atomic E-state index is 0.0423. The third-order valence-electron chi connectivity index (χ3n) is 3.74. The number of alkyl halides is 3. The molecule has 2 rings (SSSR count). The Labute approximate surface area is 137 Å². The Balaban J connectivity index is 0.000000891. The van der Waals surface area contributed by atoms with E-state index in [0.29, 0.717) is 24.3 Å². The van der Waals surface area contributed by atoms with Crippen LogP contribution in [-0.2, 0) is 9.59 Å². The van der Waals surface area contributed by atoms with Gasteiger partial charge in [0.1, 0.15) is 5.75 Å².